The first kappa shape index (κ1) is 19.9. The Morgan fingerprint density at radius 2 is 1.61 bits per heavy atom. The number of hydrogen-bond acceptors (Lipinski definition) is 3. The molecule has 0 saturated heterocycles. The molecule has 0 heterocycles. The maximum Gasteiger partial charge on any atom is 0.404 e. The van der Waals surface area contributed by atoms with E-state index in [9.17, 15) is 10.1 Å². The second-order valence-corrected chi connectivity index (χ2v) is 7.53. The highest BCUT2D eigenvalue weighted by atomic mass is 16.4. The highest BCUT2D eigenvalue weighted by Gasteiger charge is 2.34. The van der Waals surface area contributed by atoms with Crippen LogP contribution in [0.1, 0.15) is 36.8 Å². The van der Waals surface area contributed by atoms with Crippen molar-refractivity contribution in [3.8, 4) is 6.07 Å². The second kappa shape index (κ2) is 9.91. The van der Waals surface area contributed by atoms with Crippen LogP contribution in [0.25, 0.3) is 0 Å². The molecule has 28 heavy (non-hydrogen) atoms. The van der Waals surface area contributed by atoms with E-state index in [4.69, 9.17) is 5.11 Å². The number of hydrogen-bond donors (Lipinski definition) is 2. The molecule has 1 aliphatic rings. The van der Waals surface area contributed by atoms with Crippen molar-refractivity contribution in [2.75, 3.05) is 0 Å². The molecule has 0 radical (unpaired) electrons. The van der Waals surface area contributed by atoms with Gasteiger partial charge in [-0.05, 0) is 36.3 Å². The number of benzene rings is 2. The molecule has 2 N–H and O–H groups in total. The number of nitrogens with zero attached hydrogens (tertiary/aromatic N) is 2. The molecular weight excluding hydrogens is 350 g/mol. The Balaban J connectivity index is 1.80. The molecule has 1 saturated carbocycles. The van der Waals surface area contributed by atoms with Gasteiger partial charge in [0.15, 0.2) is 0 Å². The van der Waals surface area contributed by atoms with Crippen LogP contribution in [0.5, 0.6) is 0 Å². The molecule has 3 atom stereocenters. The third-order valence-electron chi connectivity index (χ3n) is 5.55. The molecule has 3 rings (SSSR count). The Morgan fingerprint density at radius 1 is 1.04 bits per heavy atom. The van der Waals surface area contributed by atoms with Crippen molar-refractivity contribution in [2.24, 2.45) is 5.92 Å². The monoisotopic (exact) mass is 377 g/mol. The van der Waals surface area contributed by atoms with E-state index in [0.717, 1.165) is 25.9 Å². The maximum atomic E-state index is 11.0. The van der Waals surface area contributed by atoms with E-state index in [1.54, 1.807) is 0 Å². The minimum Gasteiger partial charge on any atom is -0.465 e. The summed E-state index contributed by atoms with van der Waals surface area (Å²) in [6.45, 7) is 1.64. The molecule has 146 valence electrons. The molecule has 0 aliphatic heterocycles. The van der Waals surface area contributed by atoms with Crippen LogP contribution < -0.4 is 5.32 Å². The highest BCUT2D eigenvalue weighted by Crippen LogP contribution is 2.33. The average molecular weight is 377 g/mol. The topological polar surface area (TPSA) is 76.4 Å². The lowest BCUT2D eigenvalue weighted by molar-refractivity contribution is 0.0777. The van der Waals surface area contributed by atoms with E-state index in [1.807, 2.05) is 12.1 Å². The molecular formula is C23H27N3O2. The summed E-state index contributed by atoms with van der Waals surface area (Å²) in [6, 6.07) is 23.3. The summed E-state index contributed by atoms with van der Waals surface area (Å²) in [5, 5.41) is 21.0. The Hall–Kier alpha value is -2.84. The van der Waals surface area contributed by atoms with Crippen molar-refractivity contribution >= 4 is 6.09 Å². The molecule has 1 fully saturated rings. The normalized spacial score (nSPS) is 21.8. The SMILES string of the molecule is N#CC[C@@H]1CC(NC(=O)O)CC[C@@H]1N(Cc1ccccc1)Cc1ccccc1. The number of rotatable bonds is 7. The van der Waals surface area contributed by atoms with Crippen LogP contribution in [-0.4, -0.2) is 28.2 Å². The van der Waals surface area contributed by atoms with Gasteiger partial charge in [0.05, 0.1) is 6.07 Å². The van der Waals surface area contributed by atoms with E-state index in [0.29, 0.717) is 12.8 Å². The minimum atomic E-state index is -0.982. The molecule has 2 aromatic rings. The van der Waals surface area contributed by atoms with Crippen LogP contribution in [-0.2, 0) is 13.1 Å². The largest absolute Gasteiger partial charge is 0.465 e. The number of carboxylic acid groups (broad SMARTS) is 1. The van der Waals surface area contributed by atoms with Gasteiger partial charge in [0, 0.05) is 31.6 Å². The molecule has 0 spiro atoms. The fraction of sp³-hybridized carbons (Fsp3) is 0.391. The van der Waals surface area contributed by atoms with Gasteiger partial charge in [-0.1, -0.05) is 60.7 Å². The maximum absolute atomic E-state index is 11.0. The molecule has 0 bridgehead atoms. The lowest BCUT2D eigenvalue weighted by atomic mass is 9.79. The predicted molar refractivity (Wildman–Crippen MR) is 108 cm³/mol. The van der Waals surface area contributed by atoms with Crippen LogP contribution in [0, 0.1) is 17.2 Å². The van der Waals surface area contributed by atoms with E-state index < -0.39 is 6.09 Å². The average Bonchev–Trinajstić information content (AvgIpc) is 2.69. The van der Waals surface area contributed by atoms with Crippen molar-refractivity contribution in [2.45, 2.75) is 50.9 Å². The van der Waals surface area contributed by atoms with Gasteiger partial charge < -0.3 is 10.4 Å². The zero-order valence-electron chi connectivity index (χ0n) is 16.0. The van der Waals surface area contributed by atoms with Crippen molar-refractivity contribution in [3.63, 3.8) is 0 Å². The van der Waals surface area contributed by atoms with Crippen LogP contribution in [0.3, 0.4) is 0 Å². The van der Waals surface area contributed by atoms with Crippen LogP contribution in [0.4, 0.5) is 4.79 Å². The van der Waals surface area contributed by atoms with Crippen molar-refractivity contribution < 1.29 is 9.90 Å². The Kier molecular flexibility index (Phi) is 7.05. The van der Waals surface area contributed by atoms with Crippen LogP contribution in [0.2, 0.25) is 0 Å². The first-order valence-corrected chi connectivity index (χ1v) is 9.84. The molecule has 2 aromatic carbocycles. The van der Waals surface area contributed by atoms with Crippen molar-refractivity contribution in [3.05, 3.63) is 71.8 Å². The Morgan fingerprint density at radius 3 is 2.11 bits per heavy atom. The smallest absolute Gasteiger partial charge is 0.404 e. The summed E-state index contributed by atoms with van der Waals surface area (Å²) >= 11 is 0. The third-order valence-corrected chi connectivity index (χ3v) is 5.55. The lowest BCUT2D eigenvalue weighted by Gasteiger charge is -2.42. The van der Waals surface area contributed by atoms with Gasteiger partial charge in [-0.3, -0.25) is 4.90 Å². The summed E-state index contributed by atoms with van der Waals surface area (Å²) in [5.74, 6) is 0.156. The standard InChI is InChI=1S/C23H27N3O2/c24-14-13-20-15-21(25-23(27)28)11-12-22(20)26(16-18-7-3-1-4-8-18)17-19-9-5-2-6-10-19/h1-10,20-22,25H,11-13,15-17H2,(H,27,28)/t20-,21?,22+/m1/s1. The summed E-state index contributed by atoms with van der Waals surface area (Å²) in [5.41, 5.74) is 2.50. The van der Waals surface area contributed by atoms with Crippen molar-refractivity contribution in [1.82, 2.24) is 10.2 Å². The zero-order chi connectivity index (χ0) is 19.8. The third kappa shape index (κ3) is 5.58. The summed E-state index contributed by atoms with van der Waals surface area (Å²) in [7, 11) is 0. The van der Waals surface area contributed by atoms with Gasteiger partial charge in [-0.25, -0.2) is 4.79 Å². The van der Waals surface area contributed by atoms with Crippen LogP contribution in [0.15, 0.2) is 60.7 Å². The number of carbonyl (C=O) groups is 1. The number of amides is 1. The molecule has 1 aliphatic carbocycles. The Labute approximate surface area is 166 Å². The van der Waals surface area contributed by atoms with Crippen molar-refractivity contribution in [1.29, 1.82) is 5.26 Å². The number of nitriles is 1. The quantitative estimate of drug-likeness (QED) is 0.749. The lowest BCUT2D eigenvalue weighted by Crippen LogP contribution is -2.48. The van der Waals surface area contributed by atoms with Gasteiger partial charge >= 0.3 is 6.09 Å². The molecule has 1 unspecified atom stereocenters. The fourth-order valence-corrected chi connectivity index (χ4v) is 4.30. The summed E-state index contributed by atoms with van der Waals surface area (Å²) < 4.78 is 0. The summed E-state index contributed by atoms with van der Waals surface area (Å²) in [4.78, 5) is 13.5. The van der Waals surface area contributed by atoms with Crippen LogP contribution >= 0.6 is 0 Å². The van der Waals surface area contributed by atoms with Gasteiger partial charge in [0.1, 0.15) is 0 Å². The van der Waals surface area contributed by atoms with Gasteiger partial charge in [-0.15, -0.1) is 0 Å². The molecule has 0 aromatic heterocycles. The summed E-state index contributed by atoms with van der Waals surface area (Å²) in [6.07, 6.45) is 1.87. The van der Waals surface area contributed by atoms with Gasteiger partial charge in [0.2, 0.25) is 0 Å². The van der Waals surface area contributed by atoms with E-state index in [-0.39, 0.29) is 18.0 Å². The van der Waals surface area contributed by atoms with E-state index >= 15 is 0 Å². The van der Waals surface area contributed by atoms with Gasteiger partial charge in [0.25, 0.3) is 0 Å². The number of nitrogens with one attached hydrogen (secondary N) is 1. The first-order chi connectivity index (χ1) is 13.7. The minimum absolute atomic E-state index is 0.0672. The molecule has 5 nitrogen and oxygen atoms in total. The van der Waals surface area contributed by atoms with E-state index in [1.165, 1.54) is 11.1 Å². The zero-order valence-corrected chi connectivity index (χ0v) is 16.0. The first-order valence-electron chi connectivity index (χ1n) is 9.84. The van der Waals surface area contributed by atoms with Gasteiger partial charge in [-0.2, -0.15) is 5.26 Å². The second-order valence-electron chi connectivity index (χ2n) is 7.53. The fourth-order valence-electron chi connectivity index (χ4n) is 4.30. The molecule has 1 amide bonds. The predicted octanol–water partition coefficient (Wildman–Crippen LogP) is 4.41. The Bertz CT molecular complexity index is 747. The highest BCUT2D eigenvalue weighted by molar-refractivity contribution is 5.64. The van der Waals surface area contributed by atoms with E-state index in [2.05, 4.69) is 64.8 Å². The molecule has 5 heteroatoms.